The maximum absolute atomic E-state index is 13.0. The fourth-order valence-corrected chi connectivity index (χ4v) is 1.71. The third-order valence-corrected chi connectivity index (χ3v) is 2.63. The first-order chi connectivity index (χ1) is 9.42. The Morgan fingerprint density at radius 1 is 1.30 bits per heavy atom. The van der Waals surface area contributed by atoms with Gasteiger partial charge in [0.2, 0.25) is 11.8 Å². The minimum absolute atomic E-state index is 0.187. The number of benzene rings is 1. The molecule has 0 aromatic heterocycles. The van der Waals surface area contributed by atoms with Crippen molar-refractivity contribution < 1.29 is 18.4 Å². The van der Waals surface area contributed by atoms with Gasteiger partial charge >= 0.3 is 0 Å². The second kappa shape index (κ2) is 7.37. The van der Waals surface area contributed by atoms with Crippen LogP contribution in [0, 0.1) is 11.6 Å². The minimum atomic E-state index is -0.820. The highest BCUT2D eigenvalue weighted by atomic mass is 19.1. The van der Waals surface area contributed by atoms with Crippen molar-refractivity contribution in [2.45, 2.75) is 25.3 Å². The van der Waals surface area contributed by atoms with E-state index in [1.54, 1.807) is 6.08 Å². The first kappa shape index (κ1) is 15.8. The largest absolute Gasteiger partial charge is 0.368 e. The Labute approximate surface area is 115 Å². The van der Waals surface area contributed by atoms with E-state index in [1.807, 2.05) is 0 Å². The molecule has 20 heavy (non-hydrogen) atoms. The third kappa shape index (κ3) is 5.17. The average molecular weight is 282 g/mol. The predicted octanol–water partition coefficient (Wildman–Crippen LogP) is 1.44. The molecule has 0 spiro atoms. The molecule has 108 valence electrons. The fourth-order valence-electron chi connectivity index (χ4n) is 1.71. The van der Waals surface area contributed by atoms with Crippen LogP contribution in [0.5, 0.6) is 0 Å². The highest BCUT2D eigenvalue weighted by Crippen LogP contribution is 2.09. The summed E-state index contributed by atoms with van der Waals surface area (Å²) in [5.74, 6) is -2.70. The topological polar surface area (TPSA) is 72.2 Å². The fraction of sp³-hybridized carbons (Fsp3) is 0.286. The number of primary amides is 1. The molecule has 1 atom stereocenters. The summed E-state index contributed by atoms with van der Waals surface area (Å²) >= 11 is 0. The van der Waals surface area contributed by atoms with Crippen molar-refractivity contribution in [1.82, 2.24) is 5.32 Å². The van der Waals surface area contributed by atoms with Gasteiger partial charge in [-0.05, 0) is 30.5 Å². The van der Waals surface area contributed by atoms with Crippen LogP contribution in [-0.4, -0.2) is 17.9 Å². The van der Waals surface area contributed by atoms with E-state index in [0.717, 1.165) is 18.2 Å². The van der Waals surface area contributed by atoms with Gasteiger partial charge in [-0.1, -0.05) is 6.08 Å². The summed E-state index contributed by atoms with van der Waals surface area (Å²) in [6.07, 6.45) is 2.22. The quantitative estimate of drug-likeness (QED) is 0.743. The number of nitrogens with one attached hydrogen (secondary N) is 1. The van der Waals surface area contributed by atoms with Gasteiger partial charge in [-0.15, -0.1) is 6.58 Å². The number of amides is 2. The molecule has 1 rings (SSSR count). The zero-order valence-electron chi connectivity index (χ0n) is 10.9. The molecule has 0 aliphatic heterocycles. The van der Waals surface area contributed by atoms with Crippen LogP contribution < -0.4 is 11.1 Å². The van der Waals surface area contributed by atoms with Crippen LogP contribution in [0.25, 0.3) is 0 Å². The van der Waals surface area contributed by atoms with Gasteiger partial charge in [0.1, 0.15) is 17.7 Å². The van der Waals surface area contributed by atoms with Gasteiger partial charge in [-0.25, -0.2) is 8.78 Å². The number of allylic oxidation sites excluding steroid dienone is 1. The number of rotatable bonds is 7. The van der Waals surface area contributed by atoms with Crippen LogP contribution in [0.4, 0.5) is 8.78 Å². The molecule has 2 amide bonds. The van der Waals surface area contributed by atoms with E-state index in [-0.39, 0.29) is 12.0 Å². The monoisotopic (exact) mass is 282 g/mol. The van der Waals surface area contributed by atoms with Crippen molar-refractivity contribution in [2.75, 3.05) is 0 Å². The number of hydrogen-bond acceptors (Lipinski definition) is 2. The maximum atomic E-state index is 13.0. The molecule has 0 heterocycles. The zero-order chi connectivity index (χ0) is 15.1. The second-order valence-corrected chi connectivity index (χ2v) is 4.34. The summed E-state index contributed by atoms with van der Waals surface area (Å²) < 4.78 is 26.0. The van der Waals surface area contributed by atoms with Crippen molar-refractivity contribution in [1.29, 1.82) is 0 Å². The zero-order valence-corrected chi connectivity index (χ0v) is 10.9. The van der Waals surface area contributed by atoms with E-state index in [9.17, 15) is 18.4 Å². The molecule has 0 aliphatic carbocycles. The van der Waals surface area contributed by atoms with Crippen LogP contribution in [0.3, 0.4) is 0 Å². The van der Waals surface area contributed by atoms with Crippen LogP contribution in [0.1, 0.15) is 18.4 Å². The highest BCUT2D eigenvalue weighted by Gasteiger charge is 2.17. The van der Waals surface area contributed by atoms with Crippen molar-refractivity contribution in [3.05, 3.63) is 48.1 Å². The van der Waals surface area contributed by atoms with Gasteiger partial charge in [0, 0.05) is 6.07 Å². The standard InChI is InChI=1S/C14H16F2N2O2/c1-2-3-4-12(14(17)20)18-13(19)7-9-5-10(15)8-11(16)6-9/h2,5-6,8,12H,1,3-4,7H2,(H2,17,20)(H,18,19)/t12-/m0/s1. The Morgan fingerprint density at radius 2 is 1.90 bits per heavy atom. The Hall–Kier alpha value is -2.24. The van der Waals surface area contributed by atoms with Crippen molar-refractivity contribution in [3.63, 3.8) is 0 Å². The summed E-state index contributed by atoms with van der Waals surface area (Å²) in [7, 11) is 0. The number of nitrogens with two attached hydrogens (primary N) is 1. The summed E-state index contributed by atoms with van der Waals surface area (Å²) in [5.41, 5.74) is 5.35. The van der Waals surface area contributed by atoms with Crippen LogP contribution in [0.15, 0.2) is 30.9 Å². The number of carbonyl (C=O) groups excluding carboxylic acids is 2. The first-order valence-electron chi connectivity index (χ1n) is 6.07. The van der Waals surface area contributed by atoms with Crippen LogP contribution in [-0.2, 0) is 16.0 Å². The number of hydrogen-bond donors (Lipinski definition) is 2. The van der Waals surface area contributed by atoms with E-state index >= 15 is 0 Å². The molecule has 0 aliphatic rings. The summed E-state index contributed by atoms with van der Waals surface area (Å²) in [6, 6.07) is 2.02. The van der Waals surface area contributed by atoms with Crippen LogP contribution in [0.2, 0.25) is 0 Å². The van der Waals surface area contributed by atoms with Crippen molar-refractivity contribution in [2.24, 2.45) is 5.73 Å². The number of halogens is 2. The van der Waals surface area contributed by atoms with E-state index in [2.05, 4.69) is 11.9 Å². The average Bonchev–Trinajstić information content (AvgIpc) is 2.32. The van der Waals surface area contributed by atoms with E-state index in [4.69, 9.17) is 5.73 Å². The van der Waals surface area contributed by atoms with Crippen molar-refractivity contribution in [3.8, 4) is 0 Å². The Balaban J connectivity index is 2.65. The molecule has 0 saturated heterocycles. The number of carbonyl (C=O) groups is 2. The molecule has 4 nitrogen and oxygen atoms in total. The van der Waals surface area contributed by atoms with Crippen molar-refractivity contribution >= 4 is 11.8 Å². The molecule has 3 N–H and O–H groups in total. The predicted molar refractivity (Wildman–Crippen MR) is 70.6 cm³/mol. The summed E-state index contributed by atoms with van der Waals surface area (Å²) in [6.45, 7) is 3.51. The minimum Gasteiger partial charge on any atom is -0.368 e. The molecule has 0 fully saturated rings. The highest BCUT2D eigenvalue weighted by molar-refractivity contribution is 5.87. The Bertz CT molecular complexity index is 498. The van der Waals surface area contributed by atoms with Gasteiger partial charge in [0.05, 0.1) is 6.42 Å². The van der Waals surface area contributed by atoms with Gasteiger partial charge in [-0.3, -0.25) is 9.59 Å². The third-order valence-electron chi connectivity index (χ3n) is 2.63. The first-order valence-corrected chi connectivity index (χ1v) is 6.07. The lowest BCUT2D eigenvalue weighted by Crippen LogP contribution is -2.44. The van der Waals surface area contributed by atoms with E-state index in [0.29, 0.717) is 12.8 Å². The lowest BCUT2D eigenvalue weighted by molar-refractivity contribution is -0.127. The molecular weight excluding hydrogens is 266 g/mol. The van der Waals surface area contributed by atoms with Crippen LogP contribution >= 0.6 is 0 Å². The summed E-state index contributed by atoms with van der Waals surface area (Å²) in [5, 5.41) is 2.43. The normalized spacial score (nSPS) is 11.7. The molecule has 1 aromatic carbocycles. The van der Waals surface area contributed by atoms with Gasteiger partial charge in [0.25, 0.3) is 0 Å². The molecule has 6 heteroatoms. The Morgan fingerprint density at radius 3 is 2.40 bits per heavy atom. The molecule has 0 saturated carbocycles. The molecule has 0 unspecified atom stereocenters. The molecule has 0 bridgehead atoms. The van der Waals surface area contributed by atoms with Gasteiger partial charge in [-0.2, -0.15) is 0 Å². The molecule has 1 aromatic rings. The van der Waals surface area contributed by atoms with Gasteiger partial charge < -0.3 is 11.1 Å². The molecular formula is C14H16F2N2O2. The second-order valence-electron chi connectivity index (χ2n) is 4.34. The molecule has 0 radical (unpaired) electrons. The Kier molecular flexibility index (Phi) is 5.83. The van der Waals surface area contributed by atoms with E-state index in [1.165, 1.54) is 0 Å². The smallest absolute Gasteiger partial charge is 0.240 e. The summed E-state index contributed by atoms with van der Waals surface area (Å²) in [4.78, 5) is 22.9. The SMILES string of the molecule is C=CCC[C@H](NC(=O)Cc1cc(F)cc(F)c1)C(N)=O. The van der Waals surface area contributed by atoms with E-state index < -0.39 is 29.5 Å². The lowest BCUT2D eigenvalue weighted by Gasteiger charge is -2.14. The maximum Gasteiger partial charge on any atom is 0.240 e. The lowest BCUT2D eigenvalue weighted by atomic mass is 10.1. The van der Waals surface area contributed by atoms with Gasteiger partial charge in [0.15, 0.2) is 0 Å².